The van der Waals surface area contributed by atoms with Gasteiger partial charge in [-0.2, -0.15) is 0 Å². The summed E-state index contributed by atoms with van der Waals surface area (Å²) < 4.78 is 14.9. The van der Waals surface area contributed by atoms with Crippen molar-refractivity contribution in [1.29, 1.82) is 0 Å². The molecule has 0 saturated heterocycles. The van der Waals surface area contributed by atoms with Crippen LogP contribution in [-0.2, 0) is 14.3 Å². The molecule has 0 bridgehead atoms. The summed E-state index contributed by atoms with van der Waals surface area (Å²) in [6.45, 7) is 0. The lowest BCUT2D eigenvalue weighted by Crippen LogP contribution is -2.11. The molecule has 5 nitrogen and oxygen atoms in total. The van der Waals surface area contributed by atoms with Crippen LogP contribution in [0.1, 0.15) is 0 Å². The highest BCUT2D eigenvalue weighted by Gasteiger charge is 2.13. The SMILES string of the molecule is CO/C=C(\Oc1cncc(-c2ccc(Cl)cc2)c1)C(=O)OC. The Kier molecular flexibility index (Phi) is 5.38. The first-order valence-electron chi connectivity index (χ1n) is 6.34. The Morgan fingerprint density at radius 3 is 2.50 bits per heavy atom. The van der Waals surface area contributed by atoms with Crippen LogP contribution < -0.4 is 4.74 Å². The van der Waals surface area contributed by atoms with E-state index in [0.29, 0.717) is 10.8 Å². The maximum Gasteiger partial charge on any atom is 0.377 e. The summed E-state index contributed by atoms with van der Waals surface area (Å²) in [7, 11) is 2.67. The molecule has 0 atom stereocenters. The van der Waals surface area contributed by atoms with Crippen molar-refractivity contribution >= 4 is 17.6 Å². The number of nitrogens with zero attached hydrogens (tertiary/aromatic N) is 1. The Morgan fingerprint density at radius 2 is 1.86 bits per heavy atom. The Hall–Kier alpha value is -2.53. The fourth-order valence-electron chi connectivity index (χ4n) is 1.72. The molecule has 1 aromatic carbocycles. The summed E-state index contributed by atoms with van der Waals surface area (Å²) in [5, 5.41) is 0.653. The lowest BCUT2D eigenvalue weighted by Gasteiger charge is -2.09. The average Bonchev–Trinajstić information content (AvgIpc) is 2.54. The third kappa shape index (κ3) is 3.99. The second-order valence-electron chi connectivity index (χ2n) is 4.23. The molecule has 0 radical (unpaired) electrons. The second kappa shape index (κ2) is 7.47. The zero-order chi connectivity index (χ0) is 15.9. The molecule has 2 aromatic rings. The summed E-state index contributed by atoms with van der Waals surface area (Å²) in [6, 6.07) is 9.07. The van der Waals surface area contributed by atoms with Crippen LogP contribution in [0.25, 0.3) is 11.1 Å². The number of halogens is 1. The molecular formula is C16H14ClNO4. The number of pyridine rings is 1. The van der Waals surface area contributed by atoms with Gasteiger partial charge in [0.2, 0.25) is 5.76 Å². The normalized spacial score (nSPS) is 11.0. The summed E-state index contributed by atoms with van der Waals surface area (Å²) in [5.41, 5.74) is 1.76. The maximum absolute atomic E-state index is 11.6. The van der Waals surface area contributed by atoms with Crippen LogP contribution in [0.5, 0.6) is 5.75 Å². The van der Waals surface area contributed by atoms with Gasteiger partial charge in [-0.3, -0.25) is 4.98 Å². The number of carbonyl (C=O) groups is 1. The average molecular weight is 320 g/mol. The van der Waals surface area contributed by atoms with E-state index in [1.807, 2.05) is 12.1 Å². The highest BCUT2D eigenvalue weighted by Crippen LogP contribution is 2.25. The van der Waals surface area contributed by atoms with E-state index in [-0.39, 0.29) is 5.76 Å². The number of aromatic nitrogens is 1. The molecule has 0 spiro atoms. The molecule has 0 fully saturated rings. The standard InChI is InChI=1S/C16H14ClNO4/c1-20-10-15(16(19)21-2)22-14-7-12(8-18-9-14)11-3-5-13(17)6-4-11/h3-10H,1-2H3/b15-10-. The fraction of sp³-hybridized carbons (Fsp3) is 0.125. The van der Waals surface area contributed by atoms with Crippen molar-refractivity contribution in [1.82, 2.24) is 4.98 Å². The molecule has 0 aliphatic rings. The van der Waals surface area contributed by atoms with Gasteiger partial charge in [-0.15, -0.1) is 0 Å². The first-order valence-corrected chi connectivity index (χ1v) is 6.72. The van der Waals surface area contributed by atoms with Crippen molar-refractivity contribution in [3.63, 3.8) is 0 Å². The van der Waals surface area contributed by atoms with Gasteiger partial charge in [-0.1, -0.05) is 23.7 Å². The van der Waals surface area contributed by atoms with Crippen LogP contribution in [0.3, 0.4) is 0 Å². The van der Waals surface area contributed by atoms with Crippen molar-refractivity contribution < 1.29 is 19.0 Å². The van der Waals surface area contributed by atoms with E-state index in [4.69, 9.17) is 21.1 Å². The van der Waals surface area contributed by atoms with Gasteiger partial charge in [-0.05, 0) is 23.8 Å². The van der Waals surface area contributed by atoms with Crippen LogP contribution >= 0.6 is 11.6 Å². The number of methoxy groups -OCH3 is 2. The van der Waals surface area contributed by atoms with Crippen LogP contribution in [0.2, 0.25) is 5.02 Å². The predicted octanol–water partition coefficient (Wildman–Crippen LogP) is 3.44. The van der Waals surface area contributed by atoms with E-state index < -0.39 is 5.97 Å². The number of carbonyl (C=O) groups excluding carboxylic acids is 1. The van der Waals surface area contributed by atoms with Gasteiger partial charge in [0, 0.05) is 16.8 Å². The third-order valence-electron chi connectivity index (χ3n) is 2.73. The second-order valence-corrected chi connectivity index (χ2v) is 4.66. The van der Waals surface area contributed by atoms with Crippen LogP contribution in [0, 0.1) is 0 Å². The molecule has 0 N–H and O–H groups in total. The number of hydrogen-bond donors (Lipinski definition) is 0. The van der Waals surface area contributed by atoms with Crippen LogP contribution in [-0.4, -0.2) is 25.2 Å². The van der Waals surface area contributed by atoms with Gasteiger partial charge < -0.3 is 14.2 Å². The highest BCUT2D eigenvalue weighted by molar-refractivity contribution is 6.30. The topological polar surface area (TPSA) is 57.7 Å². The monoisotopic (exact) mass is 319 g/mol. The molecule has 1 heterocycles. The molecule has 114 valence electrons. The largest absolute Gasteiger partial charge is 0.500 e. The first kappa shape index (κ1) is 15.9. The zero-order valence-corrected chi connectivity index (χ0v) is 12.8. The summed E-state index contributed by atoms with van der Waals surface area (Å²) in [5.74, 6) is -0.319. The lowest BCUT2D eigenvalue weighted by molar-refractivity contribution is -0.138. The molecule has 0 aliphatic heterocycles. The molecule has 2 rings (SSSR count). The minimum atomic E-state index is -0.640. The fourth-order valence-corrected chi connectivity index (χ4v) is 1.85. The van der Waals surface area contributed by atoms with Gasteiger partial charge >= 0.3 is 5.97 Å². The minimum absolute atomic E-state index is 0.0694. The Morgan fingerprint density at radius 1 is 1.14 bits per heavy atom. The van der Waals surface area contributed by atoms with Crippen LogP contribution in [0.4, 0.5) is 0 Å². The molecule has 1 aromatic heterocycles. The molecule has 0 aliphatic carbocycles. The predicted molar refractivity (Wildman–Crippen MR) is 82.4 cm³/mol. The summed E-state index contributed by atoms with van der Waals surface area (Å²) in [6.07, 6.45) is 4.35. The summed E-state index contributed by atoms with van der Waals surface area (Å²) >= 11 is 5.87. The van der Waals surface area contributed by atoms with Gasteiger partial charge in [0.05, 0.1) is 20.4 Å². The van der Waals surface area contributed by atoms with Gasteiger partial charge in [0.25, 0.3) is 0 Å². The Balaban J connectivity index is 2.26. The number of benzene rings is 1. The maximum atomic E-state index is 11.6. The quantitative estimate of drug-likeness (QED) is 0.480. The van der Waals surface area contributed by atoms with Crippen LogP contribution in [0.15, 0.2) is 54.7 Å². The lowest BCUT2D eigenvalue weighted by atomic mass is 10.1. The molecule has 22 heavy (non-hydrogen) atoms. The van der Waals surface area contributed by atoms with E-state index in [9.17, 15) is 4.79 Å². The number of hydrogen-bond acceptors (Lipinski definition) is 5. The van der Waals surface area contributed by atoms with Crippen molar-refractivity contribution in [2.24, 2.45) is 0 Å². The minimum Gasteiger partial charge on any atom is -0.500 e. The molecule has 0 amide bonds. The van der Waals surface area contributed by atoms with E-state index in [2.05, 4.69) is 9.72 Å². The number of esters is 1. The molecule has 0 saturated carbocycles. The van der Waals surface area contributed by atoms with E-state index in [0.717, 1.165) is 11.1 Å². The van der Waals surface area contributed by atoms with Gasteiger partial charge in [0.1, 0.15) is 12.0 Å². The van der Waals surface area contributed by atoms with Crippen molar-refractivity contribution in [3.8, 4) is 16.9 Å². The van der Waals surface area contributed by atoms with E-state index in [1.165, 1.54) is 26.7 Å². The van der Waals surface area contributed by atoms with E-state index in [1.54, 1.807) is 24.4 Å². The van der Waals surface area contributed by atoms with E-state index >= 15 is 0 Å². The van der Waals surface area contributed by atoms with Crippen molar-refractivity contribution in [2.75, 3.05) is 14.2 Å². The zero-order valence-electron chi connectivity index (χ0n) is 12.1. The molecule has 6 heteroatoms. The van der Waals surface area contributed by atoms with Gasteiger partial charge in [0.15, 0.2) is 0 Å². The smallest absolute Gasteiger partial charge is 0.377 e. The highest BCUT2D eigenvalue weighted by atomic mass is 35.5. The Labute approximate surface area is 133 Å². The molecular weight excluding hydrogens is 306 g/mol. The first-order chi connectivity index (χ1) is 10.6. The number of rotatable bonds is 5. The molecule has 0 unspecified atom stereocenters. The number of ether oxygens (including phenoxy) is 3. The van der Waals surface area contributed by atoms with Crippen molar-refractivity contribution in [2.45, 2.75) is 0 Å². The third-order valence-corrected chi connectivity index (χ3v) is 2.98. The van der Waals surface area contributed by atoms with Crippen molar-refractivity contribution in [3.05, 3.63) is 59.8 Å². The van der Waals surface area contributed by atoms with Gasteiger partial charge in [-0.25, -0.2) is 4.79 Å². The summed E-state index contributed by atoms with van der Waals surface area (Å²) in [4.78, 5) is 15.7. The Bertz CT molecular complexity index is 683.